The van der Waals surface area contributed by atoms with Crippen LogP contribution in [0.3, 0.4) is 0 Å². The summed E-state index contributed by atoms with van der Waals surface area (Å²) in [7, 11) is 0. The lowest BCUT2D eigenvalue weighted by molar-refractivity contribution is 0.549. The van der Waals surface area contributed by atoms with Gasteiger partial charge in [0.1, 0.15) is 5.82 Å². The molecule has 0 aliphatic heterocycles. The predicted octanol–water partition coefficient (Wildman–Crippen LogP) is 4.53. The third-order valence-corrected chi connectivity index (χ3v) is 4.52. The fourth-order valence-electron chi connectivity index (χ4n) is 1.86. The summed E-state index contributed by atoms with van der Waals surface area (Å²) in [5, 5.41) is 4.08. The van der Waals surface area contributed by atoms with Gasteiger partial charge >= 0.3 is 0 Å². The minimum Gasteiger partial charge on any atom is -0.313 e. The highest BCUT2D eigenvalue weighted by atomic mass is 35.5. The maximum Gasteiger partial charge on any atom is 0.124 e. The highest BCUT2D eigenvalue weighted by molar-refractivity contribution is 7.99. The van der Waals surface area contributed by atoms with Crippen molar-refractivity contribution in [3.63, 3.8) is 0 Å². The first-order valence-electron chi connectivity index (χ1n) is 6.92. The van der Waals surface area contributed by atoms with Gasteiger partial charge in [0.25, 0.3) is 0 Å². The van der Waals surface area contributed by atoms with E-state index in [4.69, 9.17) is 11.6 Å². The first-order chi connectivity index (χ1) is 9.17. The summed E-state index contributed by atoms with van der Waals surface area (Å²) in [6.07, 6.45) is 3.17. The third-order valence-electron chi connectivity index (χ3n) is 2.83. The molecule has 0 aromatic heterocycles. The number of nitrogens with one attached hydrogen (secondary N) is 1. The summed E-state index contributed by atoms with van der Waals surface area (Å²) in [5.74, 6) is 1.98. The molecule has 1 unspecified atom stereocenters. The summed E-state index contributed by atoms with van der Waals surface area (Å²) in [5.41, 5.74) is 1.02. The Morgan fingerprint density at radius 2 is 2.11 bits per heavy atom. The molecule has 19 heavy (non-hydrogen) atoms. The Morgan fingerprint density at radius 1 is 1.32 bits per heavy atom. The molecule has 0 heterocycles. The number of benzene rings is 1. The predicted molar refractivity (Wildman–Crippen MR) is 84.8 cm³/mol. The molecule has 0 bridgehead atoms. The van der Waals surface area contributed by atoms with Crippen LogP contribution in [0.1, 0.15) is 32.3 Å². The highest BCUT2D eigenvalue weighted by Gasteiger charge is 2.11. The number of halogens is 2. The first-order valence-corrected chi connectivity index (χ1v) is 8.45. The Labute approximate surface area is 125 Å². The Kier molecular flexibility index (Phi) is 8.51. The highest BCUT2D eigenvalue weighted by Crippen LogP contribution is 2.20. The summed E-state index contributed by atoms with van der Waals surface area (Å²) in [6.45, 7) is 5.36. The van der Waals surface area contributed by atoms with E-state index in [1.54, 1.807) is 6.07 Å². The van der Waals surface area contributed by atoms with Gasteiger partial charge < -0.3 is 5.32 Å². The lowest BCUT2D eigenvalue weighted by Crippen LogP contribution is -2.34. The monoisotopic (exact) mass is 303 g/mol. The van der Waals surface area contributed by atoms with Gasteiger partial charge in [0.05, 0.1) is 0 Å². The van der Waals surface area contributed by atoms with Gasteiger partial charge in [-0.15, -0.1) is 0 Å². The molecule has 1 nitrogen and oxygen atoms in total. The normalized spacial score (nSPS) is 12.6. The Morgan fingerprint density at radius 3 is 2.74 bits per heavy atom. The van der Waals surface area contributed by atoms with Crippen LogP contribution in [0.5, 0.6) is 0 Å². The van der Waals surface area contributed by atoms with Gasteiger partial charge in [-0.2, -0.15) is 11.8 Å². The maximum atomic E-state index is 13.0. The van der Waals surface area contributed by atoms with Gasteiger partial charge in [0.2, 0.25) is 0 Å². The second-order valence-electron chi connectivity index (χ2n) is 4.67. The summed E-state index contributed by atoms with van der Waals surface area (Å²) in [4.78, 5) is 0. The largest absolute Gasteiger partial charge is 0.313 e. The third kappa shape index (κ3) is 6.64. The Balaban J connectivity index is 2.58. The number of thioether (sulfide) groups is 1. The molecule has 1 aromatic rings. The zero-order valence-electron chi connectivity index (χ0n) is 11.7. The summed E-state index contributed by atoms with van der Waals surface area (Å²) < 4.78 is 13.0. The molecule has 1 N–H and O–H groups in total. The van der Waals surface area contributed by atoms with Crippen LogP contribution in [-0.4, -0.2) is 24.1 Å². The van der Waals surface area contributed by atoms with E-state index >= 15 is 0 Å². The van der Waals surface area contributed by atoms with Gasteiger partial charge in [-0.25, -0.2) is 4.39 Å². The van der Waals surface area contributed by atoms with Gasteiger partial charge in [-0.1, -0.05) is 31.5 Å². The van der Waals surface area contributed by atoms with Crippen molar-refractivity contribution in [2.75, 3.05) is 18.1 Å². The fourth-order valence-corrected chi connectivity index (χ4v) is 3.08. The van der Waals surface area contributed by atoms with Crippen LogP contribution in [0.15, 0.2) is 18.2 Å². The van der Waals surface area contributed by atoms with Crippen LogP contribution in [0.4, 0.5) is 4.39 Å². The molecule has 0 spiro atoms. The van der Waals surface area contributed by atoms with Crippen molar-refractivity contribution in [3.8, 4) is 0 Å². The summed E-state index contributed by atoms with van der Waals surface area (Å²) >= 11 is 8.05. The SMILES string of the molecule is CCCNC(CSCCC)Cc1ccc(F)cc1Cl. The Hall–Kier alpha value is -0.250. The van der Waals surface area contributed by atoms with Crippen LogP contribution in [0.2, 0.25) is 5.02 Å². The standard InChI is InChI=1S/C15H23ClFNS/c1-3-7-18-14(11-19-8-4-2)9-12-5-6-13(17)10-15(12)16/h5-6,10,14,18H,3-4,7-9,11H2,1-2H3. The van der Waals surface area contributed by atoms with Crippen LogP contribution < -0.4 is 5.32 Å². The molecule has 0 fully saturated rings. The van der Waals surface area contributed by atoms with Gasteiger partial charge in [-0.05, 0) is 49.3 Å². The van der Waals surface area contributed by atoms with Crippen molar-refractivity contribution in [2.24, 2.45) is 0 Å². The second-order valence-corrected chi connectivity index (χ2v) is 6.22. The minimum absolute atomic E-state index is 0.271. The van der Waals surface area contributed by atoms with E-state index in [1.165, 1.54) is 24.3 Å². The fraction of sp³-hybridized carbons (Fsp3) is 0.600. The van der Waals surface area contributed by atoms with Crippen molar-refractivity contribution in [1.29, 1.82) is 0 Å². The lowest BCUT2D eigenvalue weighted by atomic mass is 10.1. The zero-order chi connectivity index (χ0) is 14.1. The maximum absolute atomic E-state index is 13.0. The van der Waals surface area contributed by atoms with E-state index in [9.17, 15) is 4.39 Å². The molecule has 0 saturated heterocycles. The van der Waals surface area contributed by atoms with E-state index in [1.807, 2.05) is 11.8 Å². The van der Waals surface area contributed by atoms with Crippen molar-refractivity contribution in [3.05, 3.63) is 34.6 Å². The van der Waals surface area contributed by atoms with Crippen LogP contribution in [0.25, 0.3) is 0 Å². The second kappa shape index (κ2) is 9.62. The molecule has 1 rings (SSSR count). The van der Waals surface area contributed by atoms with Gasteiger partial charge in [0, 0.05) is 16.8 Å². The quantitative estimate of drug-likeness (QED) is 0.673. The van der Waals surface area contributed by atoms with Crippen LogP contribution in [-0.2, 0) is 6.42 Å². The zero-order valence-corrected chi connectivity index (χ0v) is 13.3. The lowest BCUT2D eigenvalue weighted by Gasteiger charge is -2.19. The molecular formula is C15H23ClFNS. The van der Waals surface area contributed by atoms with Crippen LogP contribution in [0, 0.1) is 5.82 Å². The molecule has 4 heteroatoms. The average molecular weight is 304 g/mol. The average Bonchev–Trinajstić information content (AvgIpc) is 2.39. The molecule has 108 valence electrons. The van der Waals surface area contributed by atoms with Gasteiger partial charge in [0.15, 0.2) is 0 Å². The molecule has 0 aliphatic carbocycles. The molecule has 1 atom stereocenters. The molecule has 0 amide bonds. The first kappa shape index (κ1) is 16.8. The van der Waals surface area contributed by atoms with E-state index in [-0.39, 0.29) is 5.82 Å². The van der Waals surface area contributed by atoms with E-state index in [2.05, 4.69) is 19.2 Å². The molecule has 1 aromatic carbocycles. The molecule has 0 saturated carbocycles. The molecule has 0 aliphatic rings. The smallest absolute Gasteiger partial charge is 0.124 e. The van der Waals surface area contributed by atoms with E-state index < -0.39 is 0 Å². The van der Waals surface area contributed by atoms with Crippen LogP contribution >= 0.6 is 23.4 Å². The number of rotatable bonds is 9. The molecular weight excluding hydrogens is 281 g/mol. The van der Waals surface area contributed by atoms with Crippen molar-refractivity contribution >= 4 is 23.4 Å². The topological polar surface area (TPSA) is 12.0 Å². The number of hydrogen-bond acceptors (Lipinski definition) is 2. The summed E-state index contributed by atoms with van der Waals surface area (Å²) in [6, 6.07) is 5.08. The van der Waals surface area contributed by atoms with Gasteiger partial charge in [-0.3, -0.25) is 0 Å². The van der Waals surface area contributed by atoms with Crippen molar-refractivity contribution in [1.82, 2.24) is 5.32 Å². The minimum atomic E-state index is -0.271. The number of hydrogen-bond donors (Lipinski definition) is 1. The van der Waals surface area contributed by atoms with E-state index in [0.717, 1.165) is 30.7 Å². The molecule has 0 radical (unpaired) electrons. The van der Waals surface area contributed by atoms with Crippen molar-refractivity contribution in [2.45, 2.75) is 39.2 Å². The van der Waals surface area contributed by atoms with E-state index in [0.29, 0.717) is 11.1 Å². The van der Waals surface area contributed by atoms with Crippen molar-refractivity contribution < 1.29 is 4.39 Å². The Bertz CT molecular complexity index is 373.